The minimum absolute atomic E-state index is 0.252. The fourth-order valence-corrected chi connectivity index (χ4v) is 5.60. The van der Waals surface area contributed by atoms with E-state index >= 15 is 0 Å². The van der Waals surface area contributed by atoms with Crippen LogP contribution in [0.5, 0.6) is 0 Å². The van der Waals surface area contributed by atoms with E-state index in [1.54, 1.807) is 6.20 Å². The maximum Gasteiger partial charge on any atom is 0.212 e. The molecule has 0 saturated carbocycles. The highest BCUT2D eigenvalue weighted by atomic mass is 19.1. The van der Waals surface area contributed by atoms with Gasteiger partial charge in [0.1, 0.15) is 5.82 Å². The first kappa shape index (κ1) is 23.2. The van der Waals surface area contributed by atoms with E-state index in [2.05, 4.69) is 48.7 Å². The van der Waals surface area contributed by atoms with Crippen molar-refractivity contribution in [3.8, 4) is 11.4 Å². The zero-order valence-electron chi connectivity index (χ0n) is 21.1. The molecule has 7 rings (SSSR count). The van der Waals surface area contributed by atoms with Crippen molar-refractivity contribution < 1.29 is 9.13 Å². The minimum atomic E-state index is -0.441. The van der Waals surface area contributed by atoms with E-state index in [1.807, 2.05) is 18.5 Å². The largest absolute Gasteiger partial charge is 0.378 e. The zero-order chi connectivity index (χ0) is 25.5. The SMILES string of the molecule is Fc1ccc(CN2CCC(n3ncc4c(N5CCOCC5)nc(-c5ccc6[nH]ccc6c5)nc43)CC2)cn1. The van der Waals surface area contributed by atoms with Gasteiger partial charge in [-0.05, 0) is 48.7 Å². The summed E-state index contributed by atoms with van der Waals surface area (Å²) in [6, 6.07) is 11.9. The lowest BCUT2D eigenvalue weighted by atomic mass is 10.0. The van der Waals surface area contributed by atoms with E-state index in [9.17, 15) is 4.39 Å². The van der Waals surface area contributed by atoms with Crippen molar-refractivity contribution in [1.82, 2.24) is 34.6 Å². The van der Waals surface area contributed by atoms with Crippen LogP contribution in [0, 0.1) is 5.95 Å². The first-order valence-corrected chi connectivity index (χ1v) is 13.2. The first-order valence-electron chi connectivity index (χ1n) is 13.2. The molecule has 4 aromatic heterocycles. The molecule has 0 aliphatic carbocycles. The Balaban J connectivity index is 1.21. The fraction of sp³-hybridized carbons (Fsp3) is 0.357. The Kier molecular flexibility index (Phi) is 5.98. The number of likely N-dealkylation sites (tertiary alicyclic amines) is 1. The van der Waals surface area contributed by atoms with Crippen LogP contribution in [0.4, 0.5) is 10.2 Å². The molecule has 5 aromatic rings. The van der Waals surface area contributed by atoms with Gasteiger partial charge in [-0.25, -0.2) is 19.6 Å². The molecule has 0 unspecified atom stereocenters. The van der Waals surface area contributed by atoms with Crippen LogP contribution in [-0.2, 0) is 11.3 Å². The number of aromatic amines is 1. The smallest absolute Gasteiger partial charge is 0.212 e. The molecule has 194 valence electrons. The number of rotatable bonds is 5. The van der Waals surface area contributed by atoms with Gasteiger partial charge < -0.3 is 14.6 Å². The molecule has 2 aliphatic rings. The standard InChI is InChI=1S/C28H29FN8O/c29-25-4-1-19(16-31-25)18-35-9-6-22(7-10-35)37-28-23(17-32-37)27(36-11-13-38-14-12-36)33-26(34-28)21-2-3-24-20(15-21)5-8-30-24/h1-5,8,15-17,22,30H,6-7,9-14,18H2. The summed E-state index contributed by atoms with van der Waals surface area (Å²) in [6.45, 7) is 5.60. The average molecular weight is 513 g/mol. The summed E-state index contributed by atoms with van der Waals surface area (Å²) < 4.78 is 20.9. The quantitative estimate of drug-likeness (QED) is 0.354. The lowest BCUT2D eigenvalue weighted by Gasteiger charge is -2.32. The molecule has 1 aromatic carbocycles. The number of hydrogen-bond donors (Lipinski definition) is 1. The molecular formula is C28H29FN8O. The lowest BCUT2D eigenvalue weighted by molar-refractivity contribution is 0.122. The highest BCUT2D eigenvalue weighted by Crippen LogP contribution is 2.33. The van der Waals surface area contributed by atoms with Crippen molar-refractivity contribution in [2.75, 3.05) is 44.3 Å². The number of benzene rings is 1. The van der Waals surface area contributed by atoms with Crippen LogP contribution in [0.15, 0.2) is 55.0 Å². The number of pyridine rings is 1. The van der Waals surface area contributed by atoms with Gasteiger partial charge in [0.2, 0.25) is 5.95 Å². The van der Waals surface area contributed by atoms with Gasteiger partial charge in [-0.15, -0.1) is 0 Å². The third-order valence-corrected chi connectivity index (χ3v) is 7.65. The summed E-state index contributed by atoms with van der Waals surface area (Å²) in [7, 11) is 0. The molecule has 0 bridgehead atoms. The molecule has 6 heterocycles. The summed E-state index contributed by atoms with van der Waals surface area (Å²) in [6.07, 6.45) is 7.43. The molecule has 1 N–H and O–H groups in total. The maximum atomic E-state index is 13.2. The van der Waals surface area contributed by atoms with E-state index in [1.165, 1.54) is 6.07 Å². The number of morpholine rings is 1. The van der Waals surface area contributed by atoms with Gasteiger partial charge in [0.05, 0.1) is 30.8 Å². The molecule has 0 amide bonds. The molecule has 38 heavy (non-hydrogen) atoms. The van der Waals surface area contributed by atoms with Crippen LogP contribution in [0.3, 0.4) is 0 Å². The van der Waals surface area contributed by atoms with E-state index in [0.717, 1.165) is 84.4 Å². The van der Waals surface area contributed by atoms with Crippen LogP contribution in [0.2, 0.25) is 0 Å². The van der Waals surface area contributed by atoms with Gasteiger partial charge in [-0.2, -0.15) is 9.49 Å². The number of halogens is 1. The lowest BCUT2D eigenvalue weighted by Crippen LogP contribution is -2.37. The summed E-state index contributed by atoms with van der Waals surface area (Å²) in [5, 5.41) is 6.97. The summed E-state index contributed by atoms with van der Waals surface area (Å²) in [5.41, 5.74) is 3.99. The van der Waals surface area contributed by atoms with Crippen molar-refractivity contribution in [3.63, 3.8) is 0 Å². The van der Waals surface area contributed by atoms with E-state index < -0.39 is 5.95 Å². The van der Waals surface area contributed by atoms with Crippen LogP contribution in [-0.4, -0.2) is 74.0 Å². The second kappa shape index (κ2) is 9.77. The average Bonchev–Trinajstić information content (AvgIpc) is 3.61. The predicted octanol–water partition coefficient (Wildman–Crippen LogP) is 4.18. The molecule has 2 fully saturated rings. The number of ether oxygens (including phenoxy) is 1. The van der Waals surface area contributed by atoms with Gasteiger partial charge in [0.15, 0.2) is 11.5 Å². The summed E-state index contributed by atoms with van der Waals surface area (Å²) in [5.74, 6) is 1.20. The Morgan fingerprint density at radius 3 is 2.66 bits per heavy atom. The van der Waals surface area contributed by atoms with E-state index in [0.29, 0.717) is 19.0 Å². The minimum Gasteiger partial charge on any atom is -0.378 e. The fourth-order valence-electron chi connectivity index (χ4n) is 5.60. The molecule has 2 aliphatic heterocycles. The number of aromatic nitrogens is 6. The Labute approximate surface area is 219 Å². The number of nitrogens with one attached hydrogen (secondary N) is 1. The normalized spacial score (nSPS) is 17.6. The Morgan fingerprint density at radius 2 is 1.84 bits per heavy atom. The van der Waals surface area contributed by atoms with Gasteiger partial charge in [-0.1, -0.05) is 6.07 Å². The van der Waals surface area contributed by atoms with Gasteiger partial charge in [-0.3, -0.25) is 4.90 Å². The van der Waals surface area contributed by atoms with Crippen molar-refractivity contribution >= 4 is 27.8 Å². The van der Waals surface area contributed by atoms with Crippen molar-refractivity contribution in [2.24, 2.45) is 0 Å². The number of fused-ring (bicyclic) bond motifs is 2. The number of nitrogens with zero attached hydrogens (tertiary/aromatic N) is 7. The van der Waals surface area contributed by atoms with Crippen molar-refractivity contribution in [1.29, 1.82) is 0 Å². The summed E-state index contributed by atoms with van der Waals surface area (Å²) >= 11 is 0. The van der Waals surface area contributed by atoms with Crippen molar-refractivity contribution in [3.05, 3.63) is 66.5 Å². The third kappa shape index (κ3) is 4.39. The molecule has 0 atom stereocenters. The predicted molar refractivity (Wildman–Crippen MR) is 143 cm³/mol. The van der Waals surface area contributed by atoms with Crippen LogP contribution in [0.1, 0.15) is 24.4 Å². The highest BCUT2D eigenvalue weighted by molar-refractivity contribution is 5.90. The van der Waals surface area contributed by atoms with Crippen LogP contribution in [0.25, 0.3) is 33.3 Å². The van der Waals surface area contributed by atoms with Crippen molar-refractivity contribution in [2.45, 2.75) is 25.4 Å². The number of anilines is 1. The van der Waals surface area contributed by atoms with Gasteiger partial charge in [0, 0.05) is 61.6 Å². The second-order valence-corrected chi connectivity index (χ2v) is 10.1. The van der Waals surface area contributed by atoms with Gasteiger partial charge >= 0.3 is 0 Å². The molecular weight excluding hydrogens is 483 g/mol. The molecule has 10 heteroatoms. The highest BCUT2D eigenvalue weighted by Gasteiger charge is 2.26. The Bertz CT molecular complexity index is 1570. The van der Waals surface area contributed by atoms with E-state index in [-0.39, 0.29) is 6.04 Å². The topological polar surface area (TPSA) is 88.0 Å². The Morgan fingerprint density at radius 1 is 0.974 bits per heavy atom. The molecule has 0 radical (unpaired) electrons. The zero-order valence-corrected chi connectivity index (χ0v) is 21.1. The number of piperidine rings is 1. The van der Waals surface area contributed by atoms with E-state index in [4.69, 9.17) is 19.8 Å². The van der Waals surface area contributed by atoms with Crippen LogP contribution < -0.4 is 4.90 Å². The summed E-state index contributed by atoms with van der Waals surface area (Å²) in [4.78, 5) is 21.9. The second-order valence-electron chi connectivity index (χ2n) is 10.1. The number of H-pyrrole nitrogens is 1. The molecule has 2 saturated heterocycles. The molecule has 9 nitrogen and oxygen atoms in total. The first-order chi connectivity index (χ1) is 18.7. The van der Waals surface area contributed by atoms with Crippen LogP contribution >= 0.6 is 0 Å². The Hall–Kier alpha value is -3.89. The molecule has 0 spiro atoms. The third-order valence-electron chi connectivity index (χ3n) is 7.65. The monoisotopic (exact) mass is 512 g/mol. The number of hydrogen-bond acceptors (Lipinski definition) is 7. The maximum absolute atomic E-state index is 13.2. The van der Waals surface area contributed by atoms with Gasteiger partial charge in [0.25, 0.3) is 0 Å².